The first-order valence-electron chi connectivity index (χ1n) is 4.03. The summed E-state index contributed by atoms with van der Waals surface area (Å²) in [5, 5.41) is 0. The summed E-state index contributed by atoms with van der Waals surface area (Å²) < 4.78 is 0. The number of halogens is 1. The quantitative estimate of drug-likeness (QED) is 0.787. The van der Waals surface area contributed by atoms with Crippen LogP contribution in [0.2, 0.25) is 0 Å². The van der Waals surface area contributed by atoms with Gasteiger partial charge >= 0.3 is 0 Å². The van der Waals surface area contributed by atoms with Crippen LogP contribution in [0, 0.1) is 0 Å². The van der Waals surface area contributed by atoms with Crippen molar-refractivity contribution < 1.29 is 0 Å². The zero-order valence-corrected chi connectivity index (χ0v) is 9.39. The highest BCUT2D eigenvalue weighted by Crippen LogP contribution is 2.30. The maximum Gasteiger partial charge on any atom is 0.0458 e. The minimum Gasteiger partial charge on any atom is -0.398 e. The lowest BCUT2D eigenvalue weighted by Gasteiger charge is -1.96. The Hall–Kier alpha value is -0.210. The SMILES string of the molecule is CCc1sc(C(C)C)cc1N.Cl. The van der Waals surface area contributed by atoms with E-state index in [1.165, 1.54) is 9.75 Å². The Bertz CT molecular complexity index is 243. The Labute approximate surface area is 84.4 Å². The second kappa shape index (κ2) is 4.73. The van der Waals surface area contributed by atoms with Gasteiger partial charge in [-0.25, -0.2) is 0 Å². The molecule has 70 valence electrons. The third kappa shape index (κ3) is 2.39. The average Bonchev–Trinajstić information content (AvgIpc) is 2.31. The molecule has 0 aromatic carbocycles. The molecule has 0 bridgehead atoms. The smallest absolute Gasteiger partial charge is 0.0458 e. The van der Waals surface area contributed by atoms with Gasteiger partial charge in [0.1, 0.15) is 0 Å². The molecule has 0 fully saturated rings. The lowest BCUT2D eigenvalue weighted by atomic mass is 10.2. The molecule has 0 radical (unpaired) electrons. The Morgan fingerprint density at radius 3 is 2.33 bits per heavy atom. The summed E-state index contributed by atoms with van der Waals surface area (Å²) in [5.41, 5.74) is 6.77. The van der Waals surface area contributed by atoms with E-state index in [0.29, 0.717) is 5.92 Å². The summed E-state index contributed by atoms with van der Waals surface area (Å²) in [6.45, 7) is 6.54. The molecule has 0 aliphatic rings. The van der Waals surface area contributed by atoms with Gasteiger partial charge in [-0.3, -0.25) is 0 Å². The maximum atomic E-state index is 5.80. The number of nitrogen functional groups attached to an aromatic ring is 1. The van der Waals surface area contributed by atoms with E-state index in [1.54, 1.807) is 0 Å². The van der Waals surface area contributed by atoms with Crippen molar-refractivity contribution in [3.05, 3.63) is 15.8 Å². The lowest BCUT2D eigenvalue weighted by Crippen LogP contribution is -1.84. The van der Waals surface area contributed by atoms with Crippen molar-refractivity contribution in [1.29, 1.82) is 0 Å². The molecule has 2 N–H and O–H groups in total. The van der Waals surface area contributed by atoms with Gasteiger partial charge in [0.15, 0.2) is 0 Å². The monoisotopic (exact) mass is 205 g/mol. The molecule has 1 heterocycles. The van der Waals surface area contributed by atoms with Crippen molar-refractivity contribution in [3.63, 3.8) is 0 Å². The van der Waals surface area contributed by atoms with Crippen LogP contribution in [0.3, 0.4) is 0 Å². The molecule has 1 rings (SSSR count). The van der Waals surface area contributed by atoms with E-state index in [2.05, 4.69) is 26.8 Å². The molecule has 1 aromatic heterocycles. The molecule has 3 heteroatoms. The highest BCUT2D eigenvalue weighted by atomic mass is 35.5. The normalized spacial score (nSPS) is 10.0. The van der Waals surface area contributed by atoms with Crippen LogP contribution < -0.4 is 5.73 Å². The Balaban J connectivity index is 0.00000121. The van der Waals surface area contributed by atoms with Gasteiger partial charge in [0, 0.05) is 15.4 Å². The van der Waals surface area contributed by atoms with E-state index in [0.717, 1.165) is 12.1 Å². The third-order valence-corrected chi connectivity index (χ3v) is 3.35. The fourth-order valence-electron chi connectivity index (χ4n) is 1.03. The van der Waals surface area contributed by atoms with E-state index in [-0.39, 0.29) is 12.4 Å². The summed E-state index contributed by atoms with van der Waals surface area (Å²) in [4.78, 5) is 2.73. The van der Waals surface area contributed by atoms with Gasteiger partial charge < -0.3 is 5.73 Å². The number of rotatable bonds is 2. The zero-order valence-electron chi connectivity index (χ0n) is 7.76. The Morgan fingerprint density at radius 1 is 1.50 bits per heavy atom. The molecule has 0 saturated carbocycles. The Morgan fingerprint density at radius 2 is 2.08 bits per heavy atom. The molecule has 0 spiro atoms. The topological polar surface area (TPSA) is 26.0 Å². The maximum absolute atomic E-state index is 5.80. The predicted octanol–water partition coefficient (Wildman–Crippen LogP) is 3.44. The van der Waals surface area contributed by atoms with Crippen molar-refractivity contribution in [3.8, 4) is 0 Å². The third-order valence-electron chi connectivity index (χ3n) is 1.75. The van der Waals surface area contributed by atoms with Gasteiger partial charge in [-0.15, -0.1) is 23.7 Å². The van der Waals surface area contributed by atoms with Crippen LogP contribution >= 0.6 is 23.7 Å². The van der Waals surface area contributed by atoms with Crippen LogP contribution in [-0.4, -0.2) is 0 Å². The van der Waals surface area contributed by atoms with Crippen molar-refractivity contribution in [2.24, 2.45) is 0 Å². The number of aryl methyl sites for hydroxylation is 1. The first kappa shape index (κ1) is 11.8. The van der Waals surface area contributed by atoms with Gasteiger partial charge in [0.25, 0.3) is 0 Å². The minimum atomic E-state index is 0. The van der Waals surface area contributed by atoms with Crippen LogP contribution in [0.4, 0.5) is 5.69 Å². The fourth-order valence-corrected chi connectivity index (χ4v) is 2.05. The molecule has 0 atom stereocenters. The highest BCUT2D eigenvalue weighted by Gasteiger charge is 2.06. The summed E-state index contributed by atoms with van der Waals surface area (Å²) in [7, 11) is 0. The fraction of sp³-hybridized carbons (Fsp3) is 0.556. The largest absolute Gasteiger partial charge is 0.398 e. The molecular weight excluding hydrogens is 190 g/mol. The molecule has 0 amide bonds. The molecule has 1 aromatic rings. The van der Waals surface area contributed by atoms with Gasteiger partial charge in [0.05, 0.1) is 0 Å². The number of thiophene rings is 1. The molecule has 12 heavy (non-hydrogen) atoms. The van der Waals surface area contributed by atoms with Crippen LogP contribution in [0.1, 0.15) is 36.4 Å². The van der Waals surface area contributed by atoms with Crippen molar-refractivity contribution in [2.45, 2.75) is 33.1 Å². The molecule has 0 aliphatic heterocycles. The van der Waals surface area contributed by atoms with Crippen LogP contribution in [-0.2, 0) is 6.42 Å². The highest BCUT2D eigenvalue weighted by molar-refractivity contribution is 7.12. The number of nitrogens with two attached hydrogens (primary N) is 1. The lowest BCUT2D eigenvalue weighted by molar-refractivity contribution is 0.890. The van der Waals surface area contributed by atoms with E-state index >= 15 is 0 Å². The van der Waals surface area contributed by atoms with Crippen LogP contribution in [0.5, 0.6) is 0 Å². The minimum absolute atomic E-state index is 0. The summed E-state index contributed by atoms with van der Waals surface area (Å²) in [6, 6.07) is 2.11. The number of hydrogen-bond acceptors (Lipinski definition) is 2. The van der Waals surface area contributed by atoms with E-state index < -0.39 is 0 Å². The zero-order chi connectivity index (χ0) is 8.43. The molecule has 0 unspecified atom stereocenters. The number of hydrogen-bond donors (Lipinski definition) is 1. The first-order valence-corrected chi connectivity index (χ1v) is 4.84. The summed E-state index contributed by atoms with van der Waals surface area (Å²) in [5.74, 6) is 0.614. The van der Waals surface area contributed by atoms with Crippen LogP contribution in [0.25, 0.3) is 0 Å². The molecule has 1 nitrogen and oxygen atoms in total. The molecule has 0 saturated heterocycles. The standard InChI is InChI=1S/C9H15NS.ClH/c1-4-8-7(10)5-9(11-8)6(2)3;/h5-6H,4,10H2,1-3H3;1H. The molecular formula is C9H16ClNS. The van der Waals surface area contributed by atoms with Gasteiger partial charge in [0.2, 0.25) is 0 Å². The van der Waals surface area contributed by atoms with E-state index in [4.69, 9.17) is 5.73 Å². The average molecular weight is 206 g/mol. The summed E-state index contributed by atoms with van der Waals surface area (Å²) >= 11 is 1.84. The van der Waals surface area contributed by atoms with Crippen molar-refractivity contribution >= 4 is 29.4 Å². The first-order chi connectivity index (χ1) is 5.15. The van der Waals surface area contributed by atoms with Crippen LogP contribution in [0.15, 0.2) is 6.07 Å². The molecule has 0 aliphatic carbocycles. The van der Waals surface area contributed by atoms with E-state index in [9.17, 15) is 0 Å². The van der Waals surface area contributed by atoms with E-state index in [1.807, 2.05) is 11.3 Å². The summed E-state index contributed by atoms with van der Waals surface area (Å²) in [6.07, 6.45) is 1.06. The second-order valence-electron chi connectivity index (χ2n) is 3.04. The number of anilines is 1. The van der Waals surface area contributed by atoms with Crippen molar-refractivity contribution in [1.82, 2.24) is 0 Å². The predicted molar refractivity (Wildman–Crippen MR) is 59.4 cm³/mol. The Kier molecular flexibility index (Phi) is 4.64. The second-order valence-corrected chi connectivity index (χ2v) is 4.20. The van der Waals surface area contributed by atoms with Crippen molar-refractivity contribution in [2.75, 3.05) is 5.73 Å². The van der Waals surface area contributed by atoms with Gasteiger partial charge in [-0.1, -0.05) is 20.8 Å². The van der Waals surface area contributed by atoms with Gasteiger partial charge in [-0.2, -0.15) is 0 Å². The van der Waals surface area contributed by atoms with Gasteiger partial charge in [-0.05, 0) is 18.4 Å².